The summed E-state index contributed by atoms with van der Waals surface area (Å²) in [6.07, 6.45) is 0. The van der Waals surface area contributed by atoms with Crippen LogP contribution in [0.15, 0.2) is 0 Å². The van der Waals surface area contributed by atoms with Gasteiger partial charge in [0.25, 0.3) is 0 Å². The summed E-state index contributed by atoms with van der Waals surface area (Å²) in [6.45, 7) is -0.376. The van der Waals surface area contributed by atoms with Crippen LogP contribution >= 0.6 is 15.9 Å². The Bertz CT molecular complexity index is 970. The molecule has 0 aromatic carbocycles. The molecule has 0 aromatic heterocycles. The van der Waals surface area contributed by atoms with E-state index >= 15 is 0 Å². The predicted octanol–water partition coefficient (Wildman–Crippen LogP) is 4.00. The third kappa shape index (κ3) is 0.0670. The molecule has 10 saturated heterocycles. The van der Waals surface area contributed by atoms with E-state index in [4.69, 9.17) is 0 Å². The van der Waals surface area contributed by atoms with Gasteiger partial charge in [-0.05, 0) is 0 Å². The van der Waals surface area contributed by atoms with E-state index in [2.05, 4.69) is 41.8 Å². The number of halogens is 1. The van der Waals surface area contributed by atoms with Crippen molar-refractivity contribution in [3.05, 3.63) is 0 Å². The van der Waals surface area contributed by atoms with Crippen molar-refractivity contribution >= 4 is 15.9 Å². The standard InChI is InChI=1S/C9H13BrN.C5H5.Fe/c1-7(11(2)3)8-5-4-6-9(8)10;1-2-4-5-3-1;/h4-7H,1-3H3;1-5H;/t7-;;/m1../s1. The molecule has 6 atom stereocenters. The second-order valence-electron chi connectivity index (χ2n) is 11.4. The van der Waals surface area contributed by atoms with Crippen LogP contribution in [0.2, 0.25) is 42.8 Å². The van der Waals surface area contributed by atoms with Gasteiger partial charge in [0.1, 0.15) is 0 Å². The van der Waals surface area contributed by atoms with Crippen molar-refractivity contribution < 1.29 is 6.51 Å². The van der Waals surface area contributed by atoms with Crippen molar-refractivity contribution in [2.75, 3.05) is 14.1 Å². The first-order valence-corrected chi connectivity index (χ1v) is 14.4. The second-order valence-corrected chi connectivity index (χ2v) is 36.6. The van der Waals surface area contributed by atoms with Crippen LogP contribution in [0.3, 0.4) is 0 Å². The van der Waals surface area contributed by atoms with E-state index in [0.717, 1.165) is 13.6 Å². The Balaban J connectivity index is 1.66. The summed E-state index contributed by atoms with van der Waals surface area (Å²) in [6, 6.07) is 0.908. The normalized spacial score (nSPS) is 126. The summed E-state index contributed by atoms with van der Waals surface area (Å²) in [7, 11) is 4.71. The molecule has 0 bridgehead atoms. The quantitative estimate of drug-likeness (QED) is 0.544. The Labute approximate surface area is 100 Å². The van der Waals surface area contributed by atoms with Gasteiger partial charge in [0.05, 0.1) is 0 Å². The SMILES string of the molecule is C[C@@H](N(C)C)[C@@]12[CH]3[CH]4[CH]5[C]1(Br)[Fe]45321678[CH]2[CH]1[CH]6[CH]7[CH]28. The summed E-state index contributed by atoms with van der Waals surface area (Å²) >= 11 is 4.53. The molecule has 0 amide bonds. The number of nitrogens with zero attached hydrogens (tertiary/aromatic N) is 1. The number of alkyl halides is 1. The van der Waals surface area contributed by atoms with Crippen LogP contribution in [0.25, 0.3) is 0 Å². The van der Waals surface area contributed by atoms with Gasteiger partial charge in [0, 0.05) is 0 Å². The summed E-state index contributed by atoms with van der Waals surface area (Å²) in [5.41, 5.74) is 0. The van der Waals surface area contributed by atoms with Gasteiger partial charge >= 0.3 is 100 Å². The molecule has 10 aliphatic rings. The van der Waals surface area contributed by atoms with Crippen LogP contribution in [0, 0.1) is 0 Å². The van der Waals surface area contributed by atoms with Gasteiger partial charge in [-0.1, -0.05) is 0 Å². The van der Waals surface area contributed by atoms with Crippen LogP contribution in [-0.2, 0) is 6.51 Å². The molecule has 0 N–H and O–H groups in total. The van der Waals surface area contributed by atoms with Crippen molar-refractivity contribution in [3.63, 3.8) is 0 Å². The minimum atomic E-state index is -2.98. The molecule has 10 fully saturated rings. The fourth-order valence-electron chi connectivity index (χ4n) is 18.0. The first kappa shape index (κ1) is 7.11. The first-order chi connectivity index (χ1) is 7.79. The van der Waals surface area contributed by atoms with E-state index in [1.54, 1.807) is 0 Å². The fraction of sp³-hybridized carbons (Fsp3) is 1.00. The first-order valence-electron chi connectivity index (χ1n) is 7.35. The van der Waals surface area contributed by atoms with Gasteiger partial charge in [-0.25, -0.2) is 0 Å². The molecule has 10 heterocycles. The van der Waals surface area contributed by atoms with Crippen LogP contribution in [0.1, 0.15) is 6.92 Å². The number of hydrogen-bond acceptors (Lipinski definition) is 1. The summed E-state index contributed by atoms with van der Waals surface area (Å²) in [5.74, 6) is 0. The van der Waals surface area contributed by atoms with Crippen LogP contribution in [0.5, 0.6) is 0 Å². The van der Waals surface area contributed by atoms with Crippen molar-refractivity contribution in [2.45, 2.75) is 59.0 Å². The average Bonchev–Trinajstić information content (AvgIpc) is 3.22. The zero-order chi connectivity index (χ0) is 11.1. The monoisotopic (exact) mass is 335 g/mol. The number of rotatable bonds is 2. The Morgan fingerprint density at radius 3 is 1.71 bits per heavy atom. The molecule has 0 radical (unpaired) electrons. The number of fused-ring (bicyclic) bond motifs is 10. The third-order valence-corrected chi connectivity index (χ3v) is 66.5. The van der Waals surface area contributed by atoms with Crippen molar-refractivity contribution in [3.8, 4) is 0 Å². The van der Waals surface area contributed by atoms with E-state index in [-0.39, 0.29) is 0 Å². The maximum absolute atomic E-state index is 4.53. The molecule has 10 aliphatic heterocycles. The average molecular weight is 336 g/mol. The molecule has 94 valence electrons. The Morgan fingerprint density at radius 1 is 1.00 bits per heavy atom. The van der Waals surface area contributed by atoms with Gasteiger partial charge in [-0.15, -0.1) is 0 Å². The van der Waals surface area contributed by atoms with Gasteiger partial charge in [-0.3, -0.25) is 0 Å². The summed E-state index contributed by atoms with van der Waals surface area (Å²) in [4.78, 5) is 14.0. The molecule has 3 heteroatoms. The van der Waals surface area contributed by atoms with Crippen molar-refractivity contribution in [1.82, 2.24) is 4.90 Å². The Morgan fingerprint density at radius 2 is 1.53 bits per heavy atom. The van der Waals surface area contributed by atoms with E-state index in [9.17, 15) is 0 Å². The Kier molecular flexibility index (Phi) is 0.233. The van der Waals surface area contributed by atoms with Crippen molar-refractivity contribution in [2.24, 2.45) is 0 Å². The molecule has 0 aromatic rings. The zero-order valence-corrected chi connectivity index (χ0v) is 13.1. The molecule has 1 spiro atoms. The molecule has 17 heavy (non-hydrogen) atoms. The molecule has 1 nitrogen and oxygen atoms in total. The number of hydrogen-bond donors (Lipinski definition) is 0. The van der Waals surface area contributed by atoms with E-state index < -0.39 is 6.51 Å². The molecule has 0 aliphatic carbocycles. The van der Waals surface area contributed by atoms with Crippen molar-refractivity contribution in [1.29, 1.82) is 0 Å². The van der Waals surface area contributed by atoms with E-state index in [1.165, 1.54) is 38.5 Å². The third-order valence-electron chi connectivity index (χ3n) is 16.2. The summed E-state index contributed by atoms with van der Waals surface area (Å²) in [5, 5.41) is 0. The summed E-state index contributed by atoms with van der Waals surface area (Å²) < 4.78 is 1.82. The zero-order valence-electron chi connectivity index (χ0n) is 10.4. The van der Waals surface area contributed by atoms with Gasteiger partial charge in [-0.2, -0.15) is 0 Å². The molecular formula is C14H18BrFeN. The maximum atomic E-state index is 4.53. The van der Waals surface area contributed by atoms with E-state index in [0.29, 0.717) is 0 Å². The van der Waals surface area contributed by atoms with Gasteiger partial charge in [0.15, 0.2) is 0 Å². The molecule has 0 saturated carbocycles. The van der Waals surface area contributed by atoms with Crippen LogP contribution < -0.4 is 0 Å². The van der Waals surface area contributed by atoms with Gasteiger partial charge < -0.3 is 0 Å². The molecule has 10 rings (SSSR count). The minimum absolute atomic E-state index is 0.864. The fourth-order valence-corrected chi connectivity index (χ4v) is 107. The predicted molar refractivity (Wildman–Crippen MR) is 67.5 cm³/mol. The molecular weight excluding hydrogens is 318 g/mol. The topological polar surface area (TPSA) is 3.24 Å². The van der Waals surface area contributed by atoms with Crippen LogP contribution in [0.4, 0.5) is 0 Å². The van der Waals surface area contributed by atoms with Crippen LogP contribution in [-0.4, -0.2) is 28.3 Å². The van der Waals surface area contributed by atoms with Gasteiger partial charge in [0.2, 0.25) is 0 Å². The Hall–Kier alpha value is 0.959. The second kappa shape index (κ2) is 0.558. The van der Waals surface area contributed by atoms with E-state index in [1.807, 2.05) is 0 Å². The molecule has 4 unspecified atom stereocenters.